The highest BCUT2D eigenvalue weighted by Gasteiger charge is 2.25. The summed E-state index contributed by atoms with van der Waals surface area (Å²) in [7, 11) is 2.21. The Morgan fingerprint density at radius 2 is 1.83 bits per heavy atom. The highest BCUT2D eigenvalue weighted by molar-refractivity contribution is 5.85. The van der Waals surface area contributed by atoms with Gasteiger partial charge in [0, 0.05) is 11.5 Å². The minimum Gasteiger partial charge on any atom is -0.409 e. The standard InChI is InChI=1S/C14H29N3O/c1-14(2,13(15)16-18)10-11-17(3)12-8-6-4-5-7-9-12/h12,18H,4-11H2,1-3H3,(H2,15,16). The summed E-state index contributed by atoms with van der Waals surface area (Å²) in [6, 6.07) is 0.718. The zero-order valence-electron chi connectivity index (χ0n) is 12.2. The maximum Gasteiger partial charge on any atom is 0.144 e. The van der Waals surface area contributed by atoms with E-state index in [1.165, 1.54) is 38.5 Å². The van der Waals surface area contributed by atoms with E-state index >= 15 is 0 Å². The minimum atomic E-state index is -0.228. The molecule has 4 heteroatoms. The third-order valence-electron chi connectivity index (χ3n) is 4.34. The molecular weight excluding hydrogens is 226 g/mol. The van der Waals surface area contributed by atoms with Crippen LogP contribution in [0.25, 0.3) is 0 Å². The molecule has 18 heavy (non-hydrogen) atoms. The zero-order valence-corrected chi connectivity index (χ0v) is 12.2. The van der Waals surface area contributed by atoms with Gasteiger partial charge in [-0.25, -0.2) is 0 Å². The number of hydrogen-bond donors (Lipinski definition) is 2. The molecule has 0 saturated heterocycles. The van der Waals surface area contributed by atoms with E-state index in [2.05, 4.69) is 17.1 Å². The monoisotopic (exact) mass is 255 g/mol. The second kappa shape index (κ2) is 6.98. The topological polar surface area (TPSA) is 61.8 Å². The van der Waals surface area contributed by atoms with Gasteiger partial charge in [0.15, 0.2) is 0 Å². The molecule has 4 nitrogen and oxygen atoms in total. The van der Waals surface area contributed by atoms with Crippen molar-refractivity contribution in [3.8, 4) is 0 Å². The lowest BCUT2D eigenvalue weighted by Crippen LogP contribution is -2.38. The molecule has 1 fully saturated rings. The smallest absolute Gasteiger partial charge is 0.144 e. The zero-order chi connectivity index (χ0) is 13.6. The quantitative estimate of drug-likeness (QED) is 0.261. The summed E-state index contributed by atoms with van der Waals surface area (Å²) in [5.41, 5.74) is 5.49. The van der Waals surface area contributed by atoms with Gasteiger partial charge in [0.05, 0.1) is 0 Å². The van der Waals surface area contributed by atoms with E-state index in [0.717, 1.165) is 19.0 Å². The predicted octanol–water partition coefficient (Wildman–Crippen LogP) is 2.80. The van der Waals surface area contributed by atoms with Gasteiger partial charge in [-0.05, 0) is 32.9 Å². The van der Waals surface area contributed by atoms with Crippen LogP contribution in [0.4, 0.5) is 0 Å². The van der Waals surface area contributed by atoms with Crippen LogP contribution in [-0.4, -0.2) is 35.6 Å². The van der Waals surface area contributed by atoms with Crippen molar-refractivity contribution in [3.63, 3.8) is 0 Å². The van der Waals surface area contributed by atoms with Crippen molar-refractivity contribution < 1.29 is 5.21 Å². The first-order valence-electron chi connectivity index (χ1n) is 7.15. The highest BCUT2D eigenvalue weighted by atomic mass is 16.4. The van der Waals surface area contributed by atoms with E-state index in [4.69, 9.17) is 10.9 Å². The van der Waals surface area contributed by atoms with Gasteiger partial charge in [0.2, 0.25) is 0 Å². The van der Waals surface area contributed by atoms with E-state index in [9.17, 15) is 0 Å². The normalized spacial score (nSPS) is 20.1. The summed E-state index contributed by atoms with van der Waals surface area (Å²) in [6.45, 7) is 5.07. The lowest BCUT2D eigenvalue weighted by Gasteiger charge is -2.31. The molecule has 0 heterocycles. The van der Waals surface area contributed by atoms with E-state index in [-0.39, 0.29) is 5.41 Å². The molecule has 0 aliphatic heterocycles. The van der Waals surface area contributed by atoms with Crippen molar-refractivity contribution in [2.75, 3.05) is 13.6 Å². The number of nitrogens with zero attached hydrogens (tertiary/aromatic N) is 2. The van der Waals surface area contributed by atoms with Crippen LogP contribution in [0.5, 0.6) is 0 Å². The lowest BCUT2D eigenvalue weighted by molar-refractivity contribution is 0.200. The first kappa shape index (κ1) is 15.3. The van der Waals surface area contributed by atoms with Gasteiger partial charge in [-0.1, -0.05) is 44.7 Å². The first-order valence-corrected chi connectivity index (χ1v) is 7.15. The van der Waals surface area contributed by atoms with Gasteiger partial charge in [0.25, 0.3) is 0 Å². The largest absolute Gasteiger partial charge is 0.409 e. The molecule has 0 bridgehead atoms. The van der Waals surface area contributed by atoms with Crippen molar-refractivity contribution >= 4 is 5.84 Å². The van der Waals surface area contributed by atoms with E-state index < -0.39 is 0 Å². The third-order valence-corrected chi connectivity index (χ3v) is 4.34. The SMILES string of the molecule is CN(CCC(C)(C)C(N)=NO)C1CCCCCC1. The average Bonchev–Trinajstić information content (AvgIpc) is 2.63. The maximum absolute atomic E-state index is 8.77. The molecule has 0 unspecified atom stereocenters. The molecule has 0 amide bonds. The molecule has 0 aromatic carbocycles. The molecule has 1 rings (SSSR count). The van der Waals surface area contributed by atoms with Gasteiger partial charge in [-0.3, -0.25) is 0 Å². The minimum absolute atomic E-state index is 0.228. The Morgan fingerprint density at radius 3 is 2.33 bits per heavy atom. The number of rotatable bonds is 5. The highest BCUT2D eigenvalue weighted by Crippen LogP contribution is 2.24. The van der Waals surface area contributed by atoms with Crippen LogP contribution in [-0.2, 0) is 0 Å². The Hall–Kier alpha value is -0.770. The summed E-state index contributed by atoms with van der Waals surface area (Å²) in [5, 5.41) is 11.9. The summed E-state index contributed by atoms with van der Waals surface area (Å²) < 4.78 is 0. The number of nitrogens with two attached hydrogens (primary N) is 1. The first-order chi connectivity index (χ1) is 8.47. The van der Waals surface area contributed by atoms with Crippen LogP contribution in [0.15, 0.2) is 5.16 Å². The molecule has 0 radical (unpaired) electrons. The van der Waals surface area contributed by atoms with Crippen molar-refractivity contribution in [1.82, 2.24) is 4.90 Å². The molecule has 0 aromatic heterocycles. The predicted molar refractivity (Wildman–Crippen MR) is 75.9 cm³/mol. The maximum atomic E-state index is 8.77. The molecule has 0 spiro atoms. The molecule has 1 aliphatic rings. The number of hydrogen-bond acceptors (Lipinski definition) is 3. The average molecular weight is 255 g/mol. The molecule has 3 N–H and O–H groups in total. The second-order valence-corrected chi connectivity index (χ2v) is 6.25. The van der Waals surface area contributed by atoms with E-state index in [1.807, 2.05) is 13.8 Å². The van der Waals surface area contributed by atoms with Gasteiger partial charge in [-0.15, -0.1) is 0 Å². The van der Waals surface area contributed by atoms with Gasteiger partial charge >= 0.3 is 0 Å². The number of oxime groups is 1. The fourth-order valence-electron chi connectivity index (χ4n) is 2.60. The van der Waals surface area contributed by atoms with Gasteiger partial charge < -0.3 is 15.8 Å². The fourth-order valence-corrected chi connectivity index (χ4v) is 2.60. The molecule has 0 aromatic rings. The second-order valence-electron chi connectivity index (χ2n) is 6.25. The summed E-state index contributed by atoms with van der Waals surface area (Å²) in [5.74, 6) is 0.330. The summed E-state index contributed by atoms with van der Waals surface area (Å²) in [6.07, 6.45) is 9.06. The Balaban J connectivity index is 2.42. The van der Waals surface area contributed by atoms with Crippen LogP contribution >= 0.6 is 0 Å². The van der Waals surface area contributed by atoms with Crippen LogP contribution in [0.2, 0.25) is 0 Å². The fraction of sp³-hybridized carbons (Fsp3) is 0.929. The van der Waals surface area contributed by atoms with Gasteiger partial charge in [-0.2, -0.15) is 0 Å². The lowest BCUT2D eigenvalue weighted by atomic mass is 9.87. The Kier molecular flexibility index (Phi) is 5.93. The summed E-state index contributed by atoms with van der Waals surface area (Å²) in [4.78, 5) is 2.46. The molecule has 1 saturated carbocycles. The molecule has 0 atom stereocenters. The Morgan fingerprint density at radius 1 is 1.28 bits per heavy atom. The van der Waals surface area contributed by atoms with Gasteiger partial charge in [0.1, 0.15) is 5.84 Å². The molecular formula is C14H29N3O. The van der Waals surface area contributed by atoms with Crippen LogP contribution in [0, 0.1) is 5.41 Å². The van der Waals surface area contributed by atoms with Crippen molar-refractivity contribution in [2.24, 2.45) is 16.3 Å². The van der Waals surface area contributed by atoms with Crippen LogP contribution < -0.4 is 5.73 Å². The van der Waals surface area contributed by atoms with E-state index in [1.54, 1.807) is 0 Å². The van der Waals surface area contributed by atoms with Crippen molar-refractivity contribution in [2.45, 2.75) is 64.8 Å². The van der Waals surface area contributed by atoms with Crippen LogP contribution in [0.3, 0.4) is 0 Å². The Labute approximate surface area is 111 Å². The van der Waals surface area contributed by atoms with Crippen molar-refractivity contribution in [1.29, 1.82) is 0 Å². The Bertz CT molecular complexity index is 268. The number of amidine groups is 1. The molecule has 106 valence electrons. The third kappa shape index (κ3) is 4.48. The summed E-state index contributed by atoms with van der Waals surface area (Å²) >= 11 is 0. The van der Waals surface area contributed by atoms with Crippen LogP contribution in [0.1, 0.15) is 58.8 Å². The van der Waals surface area contributed by atoms with E-state index in [0.29, 0.717) is 5.84 Å². The molecule has 1 aliphatic carbocycles. The van der Waals surface area contributed by atoms with Crippen molar-refractivity contribution in [3.05, 3.63) is 0 Å².